The Labute approximate surface area is 115 Å². The monoisotopic (exact) mass is 264 g/mol. The van der Waals surface area contributed by atoms with Crippen LogP contribution in [0.4, 0.5) is 5.69 Å². The molecule has 0 saturated heterocycles. The molecule has 2 aromatic heterocycles. The molecule has 0 atom stereocenters. The summed E-state index contributed by atoms with van der Waals surface area (Å²) in [7, 11) is 0. The highest BCUT2D eigenvalue weighted by Gasteiger charge is 2.00. The minimum Gasteiger partial charge on any atom is -0.465 e. The number of carbonyl (C=O) groups is 1. The van der Waals surface area contributed by atoms with Crippen LogP contribution in [0.1, 0.15) is 5.76 Å². The molecule has 1 N–H and O–H groups in total. The molecule has 3 aromatic rings. The zero-order valence-corrected chi connectivity index (χ0v) is 10.6. The zero-order chi connectivity index (χ0) is 13.8. The van der Waals surface area contributed by atoms with E-state index in [-0.39, 0.29) is 5.91 Å². The number of aromatic nitrogens is 1. The largest absolute Gasteiger partial charge is 0.465 e. The van der Waals surface area contributed by atoms with Crippen molar-refractivity contribution in [3.63, 3.8) is 0 Å². The van der Waals surface area contributed by atoms with E-state index in [9.17, 15) is 4.79 Å². The second-order valence-electron chi connectivity index (χ2n) is 4.25. The molecule has 0 bridgehead atoms. The maximum absolute atomic E-state index is 11.8. The Balaban J connectivity index is 1.74. The van der Waals surface area contributed by atoms with E-state index in [1.165, 1.54) is 6.08 Å². The van der Waals surface area contributed by atoms with Gasteiger partial charge in [-0.2, -0.15) is 0 Å². The summed E-state index contributed by atoms with van der Waals surface area (Å²) in [6.45, 7) is 0. The first-order valence-electron chi connectivity index (χ1n) is 6.19. The lowest BCUT2D eigenvalue weighted by molar-refractivity contribution is -0.111. The van der Waals surface area contributed by atoms with Gasteiger partial charge in [-0.15, -0.1) is 0 Å². The molecule has 1 amide bonds. The van der Waals surface area contributed by atoms with Crippen LogP contribution >= 0.6 is 0 Å². The zero-order valence-electron chi connectivity index (χ0n) is 10.6. The van der Waals surface area contributed by atoms with Gasteiger partial charge in [-0.1, -0.05) is 18.2 Å². The van der Waals surface area contributed by atoms with Crippen LogP contribution in [-0.2, 0) is 4.79 Å². The minimum atomic E-state index is -0.224. The number of para-hydroxylation sites is 1. The van der Waals surface area contributed by atoms with Crippen LogP contribution in [0.3, 0.4) is 0 Å². The molecule has 0 aliphatic rings. The second kappa shape index (κ2) is 5.40. The van der Waals surface area contributed by atoms with Crippen LogP contribution in [0, 0.1) is 0 Å². The van der Waals surface area contributed by atoms with Gasteiger partial charge in [-0.05, 0) is 30.3 Å². The number of nitrogens with one attached hydrogen (secondary N) is 1. The summed E-state index contributed by atoms with van der Waals surface area (Å²) >= 11 is 0. The number of pyridine rings is 1. The van der Waals surface area contributed by atoms with Gasteiger partial charge in [0.1, 0.15) is 5.76 Å². The smallest absolute Gasteiger partial charge is 0.248 e. The summed E-state index contributed by atoms with van der Waals surface area (Å²) in [5, 5.41) is 3.75. The molecule has 4 nitrogen and oxygen atoms in total. The molecule has 2 heterocycles. The molecule has 0 unspecified atom stereocenters. The average molecular weight is 264 g/mol. The van der Waals surface area contributed by atoms with Gasteiger partial charge in [0.15, 0.2) is 0 Å². The maximum atomic E-state index is 11.8. The van der Waals surface area contributed by atoms with Gasteiger partial charge in [-0.3, -0.25) is 9.78 Å². The highest BCUT2D eigenvalue weighted by Crippen LogP contribution is 2.16. The minimum absolute atomic E-state index is 0.224. The van der Waals surface area contributed by atoms with Crippen molar-refractivity contribution in [3.8, 4) is 0 Å². The predicted molar refractivity (Wildman–Crippen MR) is 78.1 cm³/mol. The molecule has 0 aliphatic carbocycles. The predicted octanol–water partition coefficient (Wildman–Crippen LogP) is 3.48. The van der Waals surface area contributed by atoms with E-state index < -0.39 is 0 Å². The first kappa shape index (κ1) is 12.2. The Morgan fingerprint density at radius 1 is 1.20 bits per heavy atom. The van der Waals surface area contributed by atoms with Crippen molar-refractivity contribution in [1.82, 2.24) is 4.98 Å². The molecule has 0 radical (unpaired) electrons. The SMILES string of the molecule is O=C(C=Cc1ccco1)Nc1cnc2ccccc2c1. The molecule has 0 aliphatic heterocycles. The van der Waals surface area contributed by atoms with Crippen LogP contribution in [-0.4, -0.2) is 10.9 Å². The molecule has 1 aromatic carbocycles. The van der Waals surface area contributed by atoms with E-state index in [4.69, 9.17) is 4.42 Å². The van der Waals surface area contributed by atoms with Crippen LogP contribution in [0.2, 0.25) is 0 Å². The summed E-state index contributed by atoms with van der Waals surface area (Å²) in [6, 6.07) is 13.2. The first-order chi connectivity index (χ1) is 9.81. The fraction of sp³-hybridized carbons (Fsp3) is 0. The Morgan fingerprint density at radius 3 is 2.95 bits per heavy atom. The maximum Gasteiger partial charge on any atom is 0.248 e. The molecule has 0 spiro atoms. The molecular formula is C16H12N2O2. The molecule has 3 rings (SSSR count). The van der Waals surface area contributed by atoms with Gasteiger partial charge < -0.3 is 9.73 Å². The topological polar surface area (TPSA) is 55.1 Å². The highest BCUT2D eigenvalue weighted by atomic mass is 16.3. The fourth-order valence-electron chi connectivity index (χ4n) is 1.87. The number of benzene rings is 1. The van der Waals surface area contributed by atoms with E-state index in [1.54, 1.807) is 30.7 Å². The van der Waals surface area contributed by atoms with Crippen molar-refractivity contribution >= 4 is 28.6 Å². The summed E-state index contributed by atoms with van der Waals surface area (Å²) in [4.78, 5) is 16.1. The van der Waals surface area contributed by atoms with E-state index in [0.717, 1.165) is 10.9 Å². The number of amides is 1. The van der Waals surface area contributed by atoms with Crippen LogP contribution in [0.5, 0.6) is 0 Å². The van der Waals surface area contributed by atoms with Crippen LogP contribution in [0.25, 0.3) is 17.0 Å². The van der Waals surface area contributed by atoms with E-state index in [0.29, 0.717) is 11.4 Å². The number of hydrogen-bond acceptors (Lipinski definition) is 3. The van der Waals surface area contributed by atoms with Crippen LogP contribution in [0.15, 0.2) is 65.4 Å². The normalized spacial score (nSPS) is 11.0. The van der Waals surface area contributed by atoms with Gasteiger partial charge in [0.05, 0.1) is 23.7 Å². The molecular weight excluding hydrogens is 252 g/mol. The summed E-state index contributed by atoms with van der Waals surface area (Å²) in [5.41, 5.74) is 1.56. The lowest BCUT2D eigenvalue weighted by Crippen LogP contribution is -2.07. The third-order valence-electron chi connectivity index (χ3n) is 2.80. The third-order valence-corrected chi connectivity index (χ3v) is 2.80. The summed E-state index contributed by atoms with van der Waals surface area (Å²) in [6.07, 6.45) is 6.24. The van der Waals surface area contributed by atoms with Gasteiger partial charge in [0, 0.05) is 11.5 Å². The van der Waals surface area contributed by atoms with Gasteiger partial charge in [-0.25, -0.2) is 0 Å². The standard InChI is InChI=1S/C16H12N2O2/c19-16(8-7-14-5-3-9-20-14)18-13-10-12-4-1-2-6-15(12)17-11-13/h1-11H,(H,18,19). The Bertz CT molecular complexity index is 761. The summed E-state index contributed by atoms with van der Waals surface area (Å²) in [5.74, 6) is 0.412. The van der Waals surface area contributed by atoms with Crippen molar-refractivity contribution in [2.24, 2.45) is 0 Å². The van der Waals surface area contributed by atoms with E-state index in [2.05, 4.69) is 10.3 Å². The quantitative estimate of drug-likeness (QED) is 0.737. The molecule has 0 saturated carbocycles. The Hall–Kier alpha value is -2.88. The van der Waals surface area contributed by atoms with E-state index in [1.807, 2.05) is 30.3 Å². The van der Waals surface area contributed by atoms with Gasteiger partial charge >= 0.3 is 0 Å². The molecule has 20 heavy (non-hydrogen) atoms. The Morgan fingerprint density at radius 2 is 2.10 bits per heavy atom. The molecule has 0 fully saturated rings. The van der Waals surface area contributed by atoms with Gasteiger partial charge in [0.2, 0.25) is 5.91 Å². The third kappa shape index (κ3) is 2.75. The number of anilines is 1. The second-order valence-corrected chi connectivity index (χ2v) is 4.25. The number of hydrogen-bond donors (Lipinski definition) is 1. The number of carbonyl (C=O) groups excluding carboxylic acids is 1. The number of furan rings is 1. The highest BCUT2D eigenvalue weighted by molar-refractivity contribution is 6.02. The first-order valence-corrected chi connectivity index (χ1v) is 6.19. The van der Waals surface area contributed by atoms with Gasteiger partial charge in [0.25, 0.3) is 0 Å². The lowest BCUT2D eigenvalue weighted by atomic mass is 10.2. The van der Waals surface area contributed by atoms with Crippen molar-refractivity contribution in [3.05, 3.63) is 66.8 Å². The number of rotatable bonds is 3. The molecule has 4 heteroatoms. The van der Waals surface area contributed by atoms with Crippen molar-refractivity contribution in [1.29, 1.82) is 0 Å². The fourth-order valence-corrected chi connectivity index (χ4v) is 1.87. The summed E-state index contributed by atoms with van der Waals surface area (Å²) < 4.78 is 5.11. The van der Waals surface area contributed by atoms with Crippen molar-refractivity contribution < 1.29 is 9.21 Å². The molecule has 98 valence electrons. The Kier molecular flexibility index (Phi) is 3.29. The number of fused-ring (bicyclic) bond motifs is 1. The van der Waals surface area contributed by atoms with E-state index >= 15 is 0 Å². The van der Waals surface area contributed by atoms with Crippen molar-refractivity contribution in [2.45, 2.75) is 0 Å². The number of nitrogens with zero attached hydrogens (tertiary/aromatic N) is 1. The lowest BCUT2D eigenvalue weighted by Gasteiger charge is -2.03. The average Bonchev–Trinajstić information content (AvgIpc) is 2.98. The van der Waals surface area contributed by atoms with Crippen molar-refractivity contribution in [2.75, 3.05) is 5.32 Å². The van der Waals surface area contributed by atoms with Crippen LogP contribution < -0.4 is 5.32 Å².